The lowest BCUT2D eigenvalue weighted by Gasteiger charge is -2.34. The molecule has 1 aliphatic rings. The lowest BCUT2D eigenvalue weighted by Crippen LogP contribution is -2.49. The van der Waals surface area contributed by atoms with Crippen LogP contribution < -0.4 is 4.90 Å². The van der Waals surface area contributed by atoms with Crippen molar-refractivity contribution in [1.82, 2.24) is 24.1 Å². The molecule has 0 saturated carbocycles. The standard InChI is InChI=1S/C18H18F2N6O2S/c1-13-22-17(12-18(23-13)26-6-2-5-21-26)24-7-9-25(10-8-24)29(27,28)16-11-14(19)3-4-15(16)20/h2-6,11-12H,7-10H2,1H3. The highest BCUT2D eigenvalue weighted by Gasteiger charge is 2.31. The van der Waals surface area contributed by atoms with Gasteiger partial charge in [-0.05, 0) is 31.2 Å². The summed E-state index contributed by atoms with van der Waals surface area (Å²) in [5.41, 5.74) is 0. The molecule has 0 amide bonds. The van der Waals surface area contributed by atoms with Crippen LogP contribution in [0.4, 0.5) is 14.6 Å². The number of piperazine rings is 1. The molecule has 1 fully saturated rings. The highest BCUT2D eigenvalue weighted by Crippen LogP contribution is 2.23. The van der Waals surface area contributed by atoms with Crippen molar-refractivity contribution in [3.63, 3.8) is 0 Å². The second kappa shape index (κ2) is 7.48. The lowest BCUT2D eigenvalue weighted by molar-refractivity contribution is 0.380. The minimum absolute atomic E-state index is 0.123. The van der Waals surface area contributed by atoms with E-state index in [9.17, 15) is 17.2 Å². The Kier molecular flexibility index (Phi) is 5.01. The van der Waals surface area contributed by atoms with Gasteiger partial charge in [-0.15, -0.1) is 0 Å². The van der Waals surface area contributed by atoms with Crippen molar-refractivity contribution in [2.24, 2.45) is 0 Å². The first-order chi connectivity index (χ1) is 13.8. The van der Waals surface area contributed by atoms with Crippen molar-refractivity contribution in [2.75, 3.05) is 31.1 Å². The minimum atomic E-state index is -4.13. The monoisotopic (exact) mass is 420 g/mol. The molecule has 1 aromatic carbocycles. The number of anilines is 1. The molecule has 3 aromatic rings. The Balaban J connectivity index is 1.53. The first-order valence-corrected chi connectivity index (χ1v) is 10.3. The molecule has 0 atom stereocenters. The largest absolute Gasteiger partial charge is 0.354 e. The number of benzene rings is 1. The predicted octanol–water partition coefficient (Wildman–Crippen LogP) is 1.76. The second-order valence-electron chi connectivity index (χ2n) is 6.55. The van der Waals surface area contributed by atoms with Crippen LogP contribution in [0.25, 0.3) is 5.82 Å². The summed E-state index contributed by atoms with van der Waals surface area (Å²) in [6.07, 6.45) is 3.41. The molecule has 0 spiro atoms. The highest BCUT2D eigenvalue weighted by molar-refractivity contribution is 7.89. The summed E-state index contributed by atoms with van der Waals surface area (Å²) in [5, 5.41) is 4.16. The number of aryl methyl sites for hydroxylation is 1. The zero-order valence-electron chi connectivity index (χ0n) is 15.5. The Labute approximate surface area is 166 Å². The van der Waals surface area contributed by atoms with Gasteiger partial charge >= 0.3 is 0 Å². The van der Waals surface area contributed by atoms with Crippen LogP contribution in [0.15, 0.2) is 47.6 Å². The number of nitrogens with zero attached hydrogens (tertiary/aromatic N) is 6. The Hall–Kier alpha value is -2.92. The van der Waals surface area contributed by atoms with Crippen LogP contribution in [0, 0.1) is 18.6 Å². The molecule has 0 N–H and O–H groups in total. The van der Waals surface area contributed by atoms with Crippen molar-refractivity contribution in [3.8, 4) is 5.82 Å². The highest BCUT2D eigenvalue weighted by atomic mass is 32.2. The van der Waals surface area contributed by atoms with Gasteiger partial charge in [0.15, 0.2) is 5.82 Å². The van der Waals surface area contributed by atoms with Crippen molar-refractivity contribution in [2.45, 2.75) is 11.8 Å². The van der Waals surface area contributed by atoms with E-state index in [1.807, 2.05) is 4.90 Å². The normalized spacial score (nSPS) is 15.6. The van der Waals surface area contributed by atoms with Gasteiger partial charge < -0.3 is 4.90 Å². The van der Waals surface area contributed by atoms with E-state index in [0.717, 1.165) is 16.4 Å². The quantitative estimate of drug-likeness (QED) is 0.640. The van der Waals surface area contributed by atoms with E-state index in [1.54, 1.807) is 36.1 Å². The van der Waals surface area contributed by atoms with Crippen molar-refractivity contribution in [1.29, 1.82) is 0 Å². The zero-order chi connectivity index (χ0) is 20.6. The summed E-state index contributed by atoms with van der Waals surface area (Å²) in [6.45, 7) is 2.72. The average molecular weight is 420 g/mol. The molecule has 152 valence electrons. The number of rotatable bonds is 4. The third-order valence-corrected chi connectivity index (χ3v) is 6.54. The van der Waals surface area contributed by atoms with Crippen LogP contribution in [0.5, 0.6) is 0 Å². The smallest absolute Gasteiger partial charge is 0.246 e. The molecule has 8 nitrogen and oxygen atoms in total. The Bertz CT molecular complexity index is 1130. The fourth-order valence-electron chi connectivity index (χ4n) is 3.19. The molecule has 2 aromatic heterocycles. The molecule has 0 aliphatic carbocycles. The van der Waals surface area contributed by atoms with E-state index in [-0.39, 0.29) is 13.1 Å². The summed E-state index contributed by atoms with van der Waals surface area (Å²) in [6, 6.07) is 5.98. The number of sulfonamides is 1. The van der Waals surface area contributed by atoms with Crippen LogP contribution in [-0.2, 0) is 10.0 Å². The molecule has 4 rings (SSSR count). The van der Waals surface area contributed by atoms with Gasteiger partial charge in [-0.3, -0.25) is 0 Å². The molecule has 1 saturated heterocycles. The Morgan fingerprint density at radius 2 is 1.72 bits per heavy atom. The van der Waals surface area contributed by atoms with Crippen LogP contribution in [0.2, 0.25) is 0 Å². The molecule has 29 heavy (non-hydrogen) atoms. The van der Waals surface area contributed by atoms with Gasteiger partial charge in [0.1, 0.15) is 28.2 Å². The first-order valence-electron chi connectivity index (χ1n) is 8.90. The van der Waals surface area contributed by atoms with Gasteiger partial charge in [0.05, 0.1) is 0 Å². The summed E-state index contributed by atoms with van der Waals surface area (Å²) < 4.78 is 55.7. The van der Waals surface area contributed by atoms with E-state index in [0.29, 0.717) is 36.6 Å². The van der Waals surface area contributed by atoms with E-state index in [2.05, 4.69) is 15.1 Å². The Morgan fingerprint density at radius 1 is 1.00 bits per heavy atom. The maximum atomic E-state index is 14.0. The molecular weight excluding hydrogens is 402 g/mol. The number of halogens is 2. The first kappa shape index (κ1) is 19.4. The second-order valence-corrected chi connectivity index (χ2v) is 8.45. The maximum Gasteiger partial charge on any atom is 0.246 e. The summed E-state index contributed by atoms with van der Waals surface area (Å²) >= 11 is 0. The molecule has 0 unspecified atom stereocenters. The molecule has 0 radical (unpaired) electrons. The lowest BCUT2D eigenvalue weighted by atomic mass is 10.3. The molecule has 3 heterocycles. The van der Waals surface area contributed by atoms with E-state index in [4.69, 9.17) is 0 Å². The van der Waals surface area contributed by atoms with E-state index < -0.39 is 26.6 Å². The van der Waals surface area contributed by atoms with Crippen LogP contribution >= 0.6 is 0 Å². The average Bonchev–Trinajstić information content (AvgIpc) is 3.24. The van der Waals surface area contributed by atoms with Crippen LogP contribution in [0.1, 0.15) is 5.82 Å². The summed E-state index contributed by atoms with van der Waals surface area (Å²) in [7, 11) is -4.13. The summed E-state index contributed by atoms with van der Waals surface area (Å²) in [5.74, 6) is 0.0478. The van der Waals surface area contributed by atoms with Gasteiger partial charge in [0.2, 0.25) is 10.0 Å². The molecular formula is C18H18F2N6O2S. The third-order valence-electron chi connectivity index (χ3n) is 4.62. The van der Waals surface area contributed by atoms with Crippen LogP contribution in [0.3, 0.4) is 0 Å². The van der Waals surface area contributed by atoms with E-state index in [1.165, 1.54) is 0 Å². The van der Waals surface area contributed by atoms with Crippen molar-refractivity contribution >= 4 is 15.8 Å². The zero-order valence-corrected chi connectivity index (χ0v) is 16.4. The van der Waals surface area contributed by atoms with Crippen LogP contribution in [-0.4, -0.2) is 58.7 Å². The predicted molar refractivity (Wildman–Crippen MR) is 101 cm³/mol. The SMILES string of the molecule is Cc1nc(N2CCN(S(=O)(=O)c3cc(F)ccc3F)CC2)cc(-n2cccn2)n1. The molecule has 1 aliphatic heterocycles. The molecule has 11 heteroatoms. The van der Waals surface area contributed by atoms with Gasteiger partial charge in [0.25, 0.3) is 0 Å². The van der Waals surface area contributed by atoms with Crippen molar-refractivity contribution in [3.05, 3.63) is 60.2 Å². The molecule has 0 bridgehead atoms. The van der Waals surface area contributed by atoms with Gasteiger partial charge in [-0.25, -0.2) is 31.8 Å². The summed E-state index contributed by atoms with van der Waals surface area (Å²) in [4.78, 5) is 10.1. The van der Waals surface area contributed by atoms with E-state index >= 15 is 0 Å². The Morgan fingerprint density at radius 3 is 2.41 bits per heavy atom. The van der Waals surface area contributed by atoms with Gasteiger partial charge in [-0.1, -0.05) is 0 Å². The third kappa shape index (κ3) is 3.83. The topological polar surface area (TPSA) is 84.2 Å². The fraction of sp³-hybridized carbons (Fsp3) is 0.278. The minimum Gasteiger partial charge on any atom is -0.354 e. The number of hydrogen-bond acceptors (Lipinski definition) is 6. The van der Waals surface area contributed by atoms with Gasteiger partial charge in [0, 0.05) is 44.6 Å². The van der Waals surface area contributed by atoms with Crippen molar-refractivity contribution < 1.29 is 17.2 Å². The maximum absolute atomic E-state index is 14.0. The number of aromatic nitrogens is 4. The van der Waals surface area contributed by atoms with Gasteiger partial charge in [-0.2, -0.15) is 9.40 Å². The fourth-order valence-corrected chi connectivity index (χ4v) is 4.69. The number of hydrogen-bond donors (Lipinski definition) is 0.